The van der Waals surface area contributed by atoms with Gasteiger partial charge in [-0.25, -0.2) is 0 Å². The fourth-order valence-corrected chi connectivity index (χ4v) is 2.73. The fourth-order valence-electron chi connectivity index (χ4n) is 2.73. The van der Waals surface area contributed by atoms with Crippen LogP contribution < -0.4 is 4.74 Å². The van der Waals surface area contributed by atoms with Crippen molar-refractivity contribution in [2.75, 3.05) is 6.61 Å². The summed E-state index contributed by atoms with van der Waals surface area (Å²) in [5.74, 6) is 1.13. The molecule has 0 aliphatic rings. The predicted octanol–water partition coefficient (Wildman–Crippen LogP) is 5.22. The van der Waals surface area contributed by atoms with Gasteiger partial charge < -0.3 is 4.74 Å². The maximum Gasteiger partial charge on any atom is 0.200 e. The van der Waals surface area contributed by atoms with Crippen molar-refractivity contribution in [3.05, 3.63) is 77.9 Å². The summed E-state index contributed by atoms with van der Waals surface area (Å²) in [6.45, 7) is 4.39. The Balaban J connectivity index is 1.84. The van der Waals surface area contributed by atoms with Gasteiger partial charge in [0.15, 0.2) is 12.4 Å². The van der Waals surface area contributed by atoms with Crippen LogP contribution in [0.25, 0.3) is 10.8 Å². The van der Waals surface area contributed by atoms with Crippen LogP contribution in [0.2, 0.25) is 0 Å². The van der Waals surface area contributed by atoms with Gasteiger partial charge in [-0.15, -0.1) is 0 Å². The zero-order chi connectivity index (χ0) is 16.2. The van der Waals surface area contributed by atoms with E-state index in [0.29, 0.717) is 11.5 Å². The minimum atomic E-state index is -0.00939. The highest BCUT2D eigenvalue weighted by Crippen LogP contribution is 2.30. The summed E-state index contributed by atoms with van der Waals surface area (Å²) in [6.07, 6.45) is 0. The molecule has 0 saturated heterocycles. The zero-order valence-corrected chi connectivity index (χ0v) is 13.5. The molecule has 0 aromatic heterocycles. The van der Waals surface area contributed by atoms with E-state index in [4.69, 9.17) is 4.74 Å². The molecule has 2 heteroatoms. The Bertz CT molecular complexity index is 820. The molecule has 0 saturated carbocycles. The van der Waals surface area contributed by atoms with E-state index in [9.17, 15) is 4.79 Å². The number of Topliss-reactive ketones (excluding diaryl/α,β-unsaturated/α-hetero) is 1. The van der Waals surface area contributed by atoms with Gasteiger partial charge in [-0.05, 0) is 34.4 Å². The highest BCUT2D eigenvalue weighted by atomic mass is 16.5. The van der Waals surface area contributed by atoms with Crippen molar-refractivity contribution in [1.82, 2.24) is 0 Å². The molecule has 0 aliphatic carbocycles. The normalized spacial score (nSPS) is 10.9. The first-order chi connectivity index (χ1) is 11.1. The third kappa shape index (κ3) is 3.42. The molecule has 0 bridgehead atoms. The summed E-state index contributed by atoms with van der Waals surface area (Å²) in [5.41, 5.74) is 1.92. The molecular formula is C21H20O2. The standard InChI is InChI=1S/C21H20O2/c1-15(2)20-13-18(12-17-10-6-7-11-19(17)20)23-14-21(22)16-8-4-3-5-9-16/h3-13,15H,14H2,1-2H3. The average molecular weight is 304 g/mol. The van der Waals surface area contributed by atoms with Crippen LogP contribution in [0.4, 0.5) is 0 Å². The van der Waals surface area contributed by atoms with Crippen molar-refractivity contribution in [2.24, 2.45) is 0 Å². The molecule has 3 aromatic carbocycles. The van der Waals surface area contributed by atoms with Crippen molar-refractivity contribution in [3.8, 4) is 5.75 Å². The highest BCUT2D eigenvalue weighted by molar-refractivity contribution is 5.97. The number of ketones is 1. The van der Waals surface area contributed by atoms with E-state index in [0.717, 1.165) is 11.1 Å². The van der Waals surface area contributed by atoms with Gasteiger partial charge in [0.05, 0.1) is 0 Å². The van der Waals surface area contributed by atoms with Crippen molar-refractivity contribution in [1.29, 1.82) is 0 Å². The topological polar surface area (TPSA) is 26.3 Å². The van der Waals surface area contributed by atoms with Gasteiger partial charge in [0.25, 0.3) is 0 Å². The SMILES string of the molecule is CC(C)c1cc(OCC(=O)c2ccccc2)cc2ccccc12. The molecule has 2 nitrogen and oxygen atoms in total. The van der Waals surface area contributed by atoms with E-state index in [-0.39, 0.29) is 12.4 Å². The van der Waals surface area contributed by atoms with E-state index in [1.165, 1.54) is 10.9 Å². The number of ether oxygens (including phenoxy) is 1. The van der Waals surface area contributed by atoms with Gasteiger partial charge in [-0.3, -0.25) is 4.79 Å². The van der Waals surface area contributed by atoms with Crippen LogP contribution >= 0.6 is 0 Å². The Morgan fingerprint density at radius 3 is 2.39 bits per heavy atom. The first kappa shape index (κ1) is 15.3. The predicted molar refractivity (Wildman–Crippen MR) is 94.3 cm³/mol. The lowest BCUT2D eigenvalue weighted by Crippen LogP contribution is -2.11. The first-order valence-corrected chi connectivity index (χ1v) is 7.89. The number of carbonyl (C=O) groups excluding carboxylic acids is 1. The molecule has 116 valence electrons. The van der Waals surface area contributed by atoms with Crippen molar-refractivity contribution < 1.29 is 9.53 Å². The van der Waals surface area contributed by atoms with Gasteiger partial charge in [-0.2, -0.15) is 0 Å². The van der Waals surface area contributed by atoms with Crippen LogP contribution in [0, 0.1) is 0 Å². The smallest absolute Gasteiger partial charge is 0.200 e. The summed E-state index contributed by atoms with van der Waals surface area (Å²) in [5, 5.41) is 2.38. The third-order valence-corrected chi connectivity index (χ3v) is 3.96. The Kier molecular flexibility index (Phi) is 4.42. The first-order valence-electron chi connectivity index (χ1n) is 7.89. The average Bonchev–Trinajstić information content (AvgIpc) is 2.59. The van der Waals surface area contributed by atoms with Crippen LogP contribution in [0.3, 0.4) is 0 Å². The largest absolute Gasteiger partial charge is 0.485 e. The van der Waals surface area contributed by atoms with E-state index < -0.39 is 0 Å². The number of benzene rings is 3. The third-order valence-electron chi connectivity index (χ3n) is 3.96. The monoisotopic (exact) mass is 304 g/mol. The van der Waals surface area contributed by atoms with Crippen LogP contribution in [0.15, 0.2) is 66.7 Å². The fraction of sp³-hybridized carbons (Fsp3) is 0.190. The summed E-state index contributed by atoms with van der Waals surface area (Å²) in [7, 11) is 0. The van der Waals surface area contributed by atoms with Gasteiger partial charge in [0, 0.05) is 5.56 Å². The zero-order valence-electron chi connectivity index (χ0n) is 13.5. The van der Waals surface area contributed by atoms with Crippen LogP contribution in [0.1, 0.15) is 35.7 Å². The van der Waals surface area contributed by atoms with Gasteiger partial charge in [-0.1, -0.05) is 68.4 Å². The summed E-state index contributed by atoms with van der Waals surface area (Å²) < 4.78 is 5.77. The Morgan fingerprint density at radius 1 is 0.957 bits per heavy atom. The molecule has 3 rings (SSSR count). The molecule has 23 heavy (non-hydrogen) atoms. The van der Waals surface area contributed by atoms with Crippen molar-refractivity contribution in [2.45, 2.75) is 19.8 Å². The number of hydrogen-bond donors (Lipinski definition) is 0. The number of rotatable bonds is 5. The number of carbonyl (C=O) groups is 1. The Labute approximate surface area is 136 Å². The minimum Gasteiger partial charge on any atom is -0.485 e. The van der Waals surface area contributed by atoms with E-state index >= 15 is 0 Å². The molecule has 0 aliphatic heterocycles. The molecule has 0 atom stereocenters. The lowest BCUT2D eigenvalue weighted by Gasteiger charge is -2.13. The quantitative estimate of drug-likeness (QED) is 0.604. The van der Waals surface area contributed by atoms with Gasteiger partial charge in [0.1, 0.15) is 5.75 Å². The summed E-state index contributed by atoms with van der Waals surface area (Å²) in [6, 6.07) is 21.6. The lowest BCUT2D eigenvalue weighted by atomic mass is 9.96. The van der Waals surface area contributed by atoms with Crippen molar-refractivity contribution >= 4 is 16.6 Å². The molecule has 0 amide bonds. The lowest BCUT2D eigenvalue weighted by molar-refractivity contribution is 0.0921. The Hall–Kier alpha value is -2.61. The molecule has 0 fully saturated rings. The van der Waals surface area contributed by atoms with Crippen LogP contribution in [-0.4, -0.2) is 12.4 Å². The molecule has 0 radical (unpaired) electrons. The van der Waals surface area contributed by atoms with Gasteiger partial charge in [0.2, 0.25) is 0 Å². The minimum absolute atomic E-state index is 0.00939. The molecular weight excluding hydrogens is 284 g/mol. The second kappa shape index (κ2) is 6.66. The second-order valence-electron chi connectivity index (χ2n) is 5.97. The molecule has 0 unspecified atom stereocenters. The molecule has 0 spiro atoms. The van der Waals surface area contributed by atoms with Crippen LogP contribution in [0.5, 0.6) is 5.75 Å². The van der Waals surface area contributed by atoms with E-state index in [1.807, 2.05) is 54.6 Å². The second-order valence-corrected chi connectivity index (χ2v) is 5.97. The van der Waals surface area contributed by atoms with Crippen molar-refractivity contribution in [3.63, 3.8) is 0 Å². The molecule has 0 N–H and O–H groups in total. The molecule has 3 aromatic rings. The van der Waals surface area contributed by atoms with E-state index in [2.05, 4.69) is 26.0 Å². The number of hydrogen-bond acceptors (Lipinski definition) is 2. The summed E-state index contributed by atoms with van der Waals surface area (Å²) in [4.78, 5) is 12.2. The maximum atomic E-state index is 12.2. The highest BCUT2D eigenvalue weighted by Gasteiger charge is 2.10. The summed E-state index contributed by atoms with van der Waals surface area (Å²) >= 11 is 0. The van der Waals surface area contributed by atoms with E-state index in [1.54, 1.807) is 0 Å². The Morgan fingerprint density at radius 2 is 1.65 bits per heavy atom. The van der Waals surface area contributed by atoms with Crippen LogP contribution in [-0.2, 0) is 0 Å². The molecule has 0 heterocycles. The van der Waals surface area contributed by atoms with Gasteiger partial charge >= 0.3 is 0 Å². The number of fused-ring (bicyclic) bond motifs is 1. The maximum absolute atomic E-state index is 12.2.